The van der Waals surface area contributed by atoms with Crippen LogP contribution in [-0.2, 0) is 14.3 Å². The predicted molar refractivity (Wildman–Crippen MR) is 72.2 cm³/mol. The van der Waals surface area contributed by atoms with Gasteiger partial charge in [0.1, 0.15) is 0 Å². The summed E-state index contributed by atoms with van der Waals surface area (Å²) in [5.74, 6) is -0.390. The molecule has 0 bridgehead atoms. The smallest absolute Gasteiger partial charge is 0.307 e. The number of esters is 1. The lowest BCUT2D eigenvalue weighted by Crippen LogP contribution is -2.31. The first-order valence-electron chi connectivity index (χ1n) is 5.74. The van der Waals surface area contributed by atoms with Gasteiger partial charge in [0.2, 0.25) is 5.91 Å². The number of rotatable bonds is 6. The summed E-state index contributed by atoms with van der Waals surface area (Å²) in [7, 11) is 1.34. The average molecular weight is 267 g/mol. The van der Waals surface area contributed by atoms with Crippen molar-refractivity contribution in [2.75, 3.05) is 20.2 Å². The molecule has 0 N–H and O–H groups in total. The quantitative estimate of drug-likeness (QED) is 0.586. The fourth-order valence-electron chi connectivity index (χ4n) is 1.40. The highest BCUT2D eigenvalue weighted by Crippen LogP contribution is 2.10. The first kappa shape index (κ1) is 14.4. The van der Waals surface area contributed by atoms with Gasteiger partial charge in [-0.05, 0) is 24.4 Å². The molecule has 1 heterocycles. The van der Waals surface area contributed by atoms with Gasteiger partial charge in [-0.2, -0.15) is 0 Å². The van der Waals surface area contributed by atoms with Crippen molar-refractivity contribution < 1.29 is 14.3 Å². The van der Waals surface area contributed by atoms with E-state index in [1.165, 1.54) is 13.2 Å². The molecule has 1 amide bonds. The molecule has 0 saturated carbocycles. The Morgan fingerprint density at radius 2 is 2.28 bits per heavy atom. The Hall–Kier alpha value is -1.62. The fourth-order valence-corrected chi connectivity index (χ4v) is 2.02. The minimum absolute atomic E-state index is 0.0881. The van der Waals surface area contributed by atoms with E-state index in [1.807, 2.05) is 24.4 Å². The van der Waals surface area contributed by atoms with Crippen molar-refractivity contribution in [2.24, 2.45) is 0 Å². The molecule has 0 saturated heterocycles. The van der Waals surface area contributed by atoms with E-state index < -0.39 is 0 Å². The van der Waals surface area contributed by atoms with Crippen molar-refractivity contribution in [3.05, 3.63) is 28.5 Å². The zero-order chi connectivity index (χ0) is 13.4. The summed E-state index contributed by atoms with van der Waals surface area (Å²) in [4.78, 5) is 25.5. The van der Waals surface area contributed by atoms with E-state index in [9.17, 15) is 9.59 Å². The molecule has 18 heavy (non-hydrogen) atoms. The molecular formula is C13H17NO3S. The number of amides is 1. The zero-order valence-corrected chi connectivity index (χ0v) is 11.4. The Bertz CT molecular complexity index is 412. The average Bonchev–Trinajstić information content (AvgIpc) is 2.89. The summed E-state index contributed by atoms with van der Waals surface area (Å²) in [6, 6.07) is 3.88. The number of hydrogen-bond donors (Lipinski definition) is 0. The molecule has 5 heteroatoms. The van der Waals surface area contributed by atoms with Crippen molar-refractivity contribution in [3.8, 4) is 0 Å². The van der Waals surface area contributed by atoms with Crippen molar-refractivity contribution >= 4 is 29.3 Å². The van der Waals surface area contributed by atoms with Gasteiger partial charge in [0.15, 0.2) is 0 Å². The third kappa shape index (κ3) is 4.71. The van der Waals surface area contributed by atoms with Crippen LogP contribution < -0.4 is 0 Å². The SMILES string of the molecule is CCN(CCC(=O)OC)C(=O)C=Cc1cccs1. The third-order valence-electron chi connectivity index (χ3n) is 2.44. The van der Waals surface area contributed by atoms with E-state index in [4.69, 9.17) is 0 Å². The number of hydrogen-bond acceptors (Lipinski definition) is 4. The minimum atomic E-state index is -0.302. The number of methoxy groups -OCH3 is 1. The van der Waals surface area contributed by atoms with E-state index in [2.05, 4.69) is 4.74 Å². The lowest BCUT2D eigenvalue weighted by Gasteiger charge is -2.18. The summed E-state index contributed by atoms with van der Waals surface area (Å²) in [6.07, 6.45) is 3.54. The number of carbonyl (C=O) groups excluding carboxylic acids is 2. The Morgan fingerprint density at radius 3 is 2.83 bits per heavy atom. The highest BCUT2D eigenvalue weighted by molar-refractivity contribution is 7.10. The van der Waals surface area contributed by atoms with E-state index in [0.717, 1.165) is 4.88 Å². The fraction of sp³-hybridized carbons (Fsp3) is 0.385. The molecule has 1 rings (SSSR count). The Labute approximate surface area is 111 Å². The molecule has 1 aromatic rings. The molecule has 0 atom stereocenters. The predicted octanol–water partition coefficient (Wildman–Crippen LogP) is 2.17. The second-order valence-corrected chi connectivity index (χ2v) is 4.57. The largest absolute Gasteiger partial charge is 0.469 e. The Morgan fingerprint density at radius 1 is 1.50 bits per heavy atom. The standard InChI is InChI=1S/C13H17NO3S/c1-3-14(9-8-13(16)17-2)12(15)7-6-11-5-4-10-18-11/h4-7,10H,3,8-9H2,1-2H3. The lowest BCUT2D eigenvalue weighted by molar-refractivity contribution is -0.141. The van der Waals surface area contributed by atoms with Gasteiger partial charge in [-0.3, -0.25) is 9.59 Å². The molecule has 0 aliphatic rings. The van der Waals surface area contributed by atoms with Crippen LogP contribution in [0.3, 0.4) is 0 Å². The topological polar surface area (TPSA) is 46.6 Å². The van der Waals surface area contributed by atoms with E-state index in [0.29, 0.717) is 13.1 Å². The van der Waals surface area contributed by atoms with Gasteiger partial charge in [-0.15, -0.1) is 11.3 Å². The second-order valence-electron chi connectivity index (χ2n) is 3.59. The first-order chi connectivity index (χ1) is 8.67. The molecule has 0 aromatic carbocycles. The van der Waals surface area contributed by atoms with Crippen molar-refractivity contribution in [1.82, 2.24) is 4.90 Å². The highest BCUT2D eigenvalue weighted by atomic mass is 32.1. The zero-order valence-electron chi connectivity index (χ0n) is 10.6. The summed E-state index contributed by atoms with van der Waals surface area (Å²) < 4.78 is 4.55. The molecule has 0 radical (unpaired) electrons. The van der Waals surface area contributed by atoms with Crippen molar-refractivity contribution in [1.29, 1.82) is 0 Å². The van der Waals surface area contributed by atoms with Crippen molar-refractivity contribution in [3.63, 3.8) is 0 Å². The Kier molecular flexibility index (Phi) is 6.14. The van der Waals surface area contributed by atoms with Gasteiger partial charge in [0.05, 0.1) is 13.5 Å². The van der Waals surface area contributed by atoms with Crippen LogP contribution in [0.15, 0.2) is 23.6 Å². The number of thiophene rings is 1. The van der Waals surface area contributed by atoms with Crippen LogP contribution in [0, 0.1) is 0 Å². The number of nitrogens with zero attached hydrogens (tertiary/aromatic N) is 1. The minimum Gasteiger partial charge on any atom is -0.469 e. The number of likely N-dealkylation sites (N-methyl/N-ethyl adjacent to an activating group) is 1. The van der Waals surface area contributed by atoms with Crippen LogP contribution in [0.2, 0.25) is 0 Å². The van der Waals surface area contributed by atoms with Gasteiger partial charge < -0.3 is 9.64 Å². The van der Waals surface area contributed by atoms with Crippen LogP contribution >= 0.6 is 11.3 Å². The maximum absolute atomic E-state index is 11.9. The van der Waals surface area contributed by atoms with Gasteiger partial charge in [0.25, 0.3) is 0 Å². The van der Waals surface area contributed by atoms with Crippen LogP contribution in [0.25, 0.3) is 6.08 Å². The monoisotopic (exact) mass is 267 g/mol. The van der Waals surface area contributed by atoms with E-state index >= 15 is 0 Å². The molecule has 1 aromatic heterocycles. The van der Waals surface area contributed by atoms with Crippen LogP contribution in [-0.4, -0.2) is 37.0 Å². The van der Waals surface area contributed by atoms with Crippen molar-refractivity contribution in [2.45, 2.75) is 13.3 Å². The summed E-state index contributed by atoms with van der Waals surface area (Å²) in [5.41, 5.74) is 0. The Balaban J connectivity index is 2.49. The van der Waals surface area contributed by atoms with Crippen LogP contribution in [0.5, 0.6) is 0 Å². The molecule has 0 fully saturated rings. The molecular weight excluding hydrogens is 250 g/mol. The maximum atomic E-state index is 11.9. The van der Waals surface area contributed by atoms with Gasteiger partial charge >= 0.3 is 5.97 Å². The van der Waals surface area contributed by atoms with Gasteiger partial charge in [0, 0.05) is 24.0 Å². The third-order valence-corrected chi connectivity index (χ3v) is 3.28. The number of ether oxygens (including phenoxy) is 1. The lowest BCUT2D eigenvalue weighted by atomic mass is 10.3. The number of carbonyl (C=O) groups is 2. The van der Waals surface area contributed by atoms with Gasteiger partial charge in [-0.25, -0.2) is 0 Å². The molecule has 98 valence electrons. The second kappa shape index (κ2) is 7.66. The molecule has 4 nitrogen and oxygen atoms in total. The summed E-state index contributed by atoms with van der Waals surface area (Å²) >= 11 is 1.57. The highest BCUT2D eigenvalue weighted by Gasteiger charge is 2.10. The normalized spacial score (nSPS) is 10.6. The van der Waals surface area contributed by atoms with E-state index in [1.54, 1.807) is 22.3 Å². The summed E-state index contributed by atoms with van der Waals surface area (Å²) in [5, 5.41) is 1.96. The van der Waals surface area contributed by atoms with Gasteiger partial charge in [-0.1, -0.05) is 6.07 Å². The molecule has 0 spiro atoms. The molecule has 0 unspecified atom stereocenters. The van der Waals surface area contributed by atoms with E-state index in [-0.39, 0.29) is 18.3 Å². The van der Waals surface area contributed by atoms with Crippen LogP contribution in [0.1, 0.15) is 18.2 Å². The van der Waals surface area contributed by atoms with Crippen LogP contribution in [0.4, 0.5) is 0 Å². The molecule has 0 aliphatic heterocycles. The maximum Gasteiger partial charge on any atom is 0.307 e. The first-order valence-corrected chi connectivity index (χ1v) is 6.62. The molecule has 0 aliphatic carbocycles. The summed E-state index contributed by atoms with van der Waals surface area (Å²) in [6.45, 7) is 2.84.